The summed E-state index contributed by atoms with van der Waals surface area (Å²) in [7, 11) is 4.34. The molecule has 1 saturated carbocycles. The van der Waals surface area contributed by atoms with Crippen molar-refractivity contribution in [3.05, 3.63) is 49.1 Å². The molecule has 6 nitrogen and oxygen atoms in total. The standard InChI is InChI=1S/C24H36N4O2S/c1-7-28(19-10-8-18(9-11-19)27(5)6)21-14-31-22(17(21)4)24(30)25-13-20-15(2)12-16(3)26-23(20)29/h12,14,18-19H,7-11,13H2,1-6H3,(H,25,30)(H,26,29). The Bertz CT molecular complexity index is 970. The lowest BCUT2D eigenvalue weighted by Crippen LogP contribution is -2.42. The van der Waals surface area contributed by atoms with Gasteiger partial charge in [0.1, 0.15) is 0 Å². The number of hydrogen-bond donors (Lipinski definition) is 2. The summed E-state index contributed by atoms with van der Waals surface area (Å²) in [6, 6.07) is 3.13. The first-order valence-electron chi connectivity index (χ1n) is 11.2. The minimum absolute atomic E-state index is 0.111. The number of aromatic amines is 1. The Morgan fingerprint density at radius 1 is 1.16 bits per heavy atom. The van der Waals surface area contributed by atoms with Crippen molar-refractivity contribution in [1.29, 1.82) is 0 Å². The molecule has 1 amide bonds. The molecule has 2 aromatic heterocycles. The number of rotatable bonds is 7. The maximum atomic E-state index is 12.9. The molecular formula is C24H36N4O2S. The van der Waals surface area contributed by atoms with Gasteiger partial charge in [0.05, 0.1) is 10.6 Å². The third kappa shape index (κ3) is 5.21. The van der Waals surface area contributed by atoms with Crippen molar-refractivity contribution in [2.24, 2.45) is 0 Å². The number of nitrogens with one attached hydrogen (secondary N) is 2. The maximum Gasteiger partial charge on any atom is 0.261 e. The Morgan fingerprint density at radius 3 is 2.39 bits per heavy atom. The summed E-state index contributed by atoms with van der Waals surface area (Å²) in [4.78, 5) is 33.5. The number of aryl methyl sites for hydroxylation is 2. The summed E-state index contributed by atoms with van der Waals surface area (Å²) in [5, 5.41) is 5.07. The fraction of sp³-hybridized carbons (Fsp3) is 0.583. The molecule has 7 heteroatoms. The zero-order valence-electron chi connectivity index (χ0n) is 19.7. The third-order valence-electron chi connectivity index (χ3n) is 6.63. The van der Waals surface area contributed by atoms with Crippen molar-refractivity contribution in [2.45, 2.75) is 72.0 Å². The van der Waals surface area contributed by atoms with Gasteiger partial charge in [-0.1, -0.05) is 0 Å². The Kier molecular flexibility index (Phi) is 7.59. The van der Waals surface area contributed by atoms with Crippen LogP contribution in [0.2, 0.25) is 0 Å². The van der Waals surface area contributed by atoms with Crippen molar-refractivity contribution in [2.75, 3.05) is 25.5 Å². The molecule has 0 saturated heterocycles. The number of pyridine rings is 1. The predicted molar refractivity (Wildman–Crippen MR) is 130 cm³/mol. The first-order chi connectivity index (χ1) is 14.7. The highest BCUT2D eigenvalue weighted by Crippen LogP contribution is 2.35. The van der Waals surface area contributed by atoms with Gasteiger partial charge >= 0.3 is 0 Å². The van der Waals surface area contributed by atoms with E-state index in [1.54, 1.807) is 0 Å². The number of aromatic nitrogens is 1. The van der Waals surface area contributed by atoms with E-state index in [0.29, 0.717) is 17.6 Å². The second-order valence-electron chi connectivity index (χ2n) is 8.91. The van der Waals surface area contributed by atoms with Gasteiger partial charge in [0.25, 0.3) is 11.5 Å². The molecule has 2 heterocycles. The van der Waals surface area contributed by atoms with E-state index in [1.807, 2.05) is 26.8 Å². The number of anilines is 1. The van der Waals surface area contributed by atoms with Crippen molar-refractivity contribution in [1.82, 2.24) is 15.2 Å². The Morgan fingerprint density at radius 2 is 1.81 bits per heavy atom. The first kappa shape index (κ1) is 23.5. The van der Waals surface area contributed by atoms with Gasteiger partial charge in [-0.05, 0) is 84.7 Å². The van der Waals surface area contributed by atoms with E-state index < -0.39 is 0 Å². The predicted octanol–water partition coefficient (Wildman–Crippen LogP) is 3.99. The van der Waals surface area contributed by atoms with Gasteiger partial charge in [0.15, 0.2) is 0 Å². The molecule has 1 fully saturated rings. The SMILES string of the molecule is CCN(c1csc(C(=O)NCc2c(C)cc(C)[nH]c2=O)c1C)C1CCC(N(C)C)CC1. The van der Waals surface area contributed by atoms with Gasteiger partial charge < -0.3 is 20.1 Å². The van der Waals surface area contributed by atoms with Gasteiger partial charge in [-0.15, -0.1) is 11.3 Å². The molecule has 1 aliphatic rings. The summed E-state index contributed by atoms with van der Waals surface area (Å²) in [5.41, 5.74) is 4.42. The number of amides is 1. The Labute approximate surface area is 189 Å². The highest BCUT2D eigenvalue weighted by atomic mass is 32.1. The van der Waals surface area contributed by atoms with Crippen LogP contribution in [-0.2, 0) is 6.54 Å². The van der Waals surface area contributed by atoms with E-state index in [2.05, 4.69) is 46.5 Å². The molecule has 0 radical (unpaired) electrons. The van der Waals surface area contributed by atoms with Crippen LogP contribution in [0, 0.1) is 20.8 Å². The minimum Gasteiger partial charge on any atom is -0.368 e. The molecule has 2 N–H and O–H groups in total. The molecule has 0 bridgehead atoms. The van der Waals surface area contributed by atoms with E-state index in [0.717, 1.165) is 28.2 Å². The summed E-state index contributed by atoms with van der Waals surface area (Å²) in [5.74, 6) is -0.111. The number of thiophene rings is 1. The van der Waals surface area contributed by atoms with Crippen LogP contribution < -0.4 is 15.8 Å². The summed E-state index contributed by atoms with van der Waals surface area (Å²) >= 11 is 1.50. The molecule has 1 aliphatic carbocycles. The van der Waals surface area contributed by atoms with Gasteiger partial charge in [0, 0.05) is 41.8 Å². The number of carbonyl (C=O) groups excluding carboxylic acids is 1. The second kappa shape index (κ2) is 10.0. The number of hydrogen-bond acceptors (Lipinski definition) is 5. The van der Waals surface area contributed by atoms with Crippen LogP contribution in [0.3, 0.4) is 0 Å². The zero-order valence-corrected chi connectivity index (χ0v) is 20.5. The molecule has 0 spiro atoms. The fourth-order valence-electron chi connectivity index (χ4n) is 4.78. The Balaban J connectivity index is 1.70. The molecular weight excluding hydrogens is 408 g/mol. The van der Waals surface area contributed by atoms with Crippen LogP contribution in [-0.4, -0.2) is 48.5 Å². The average molecular weight is 445 g/mol. The molecule has 0 atom stereocenters. The highest BCUT2D eigenvalue weighted by Gasteiger charge is 2.28. The lowest BCUT2D eigenvalue weighted by molar-refractivity contribution is 0.0954. The van der Waals surface area contributed by atoms with E-state index in [9.17, 15) is 9.59 Å². The second-order valence-corrected chi connectivity index (χ2v) is 9.79. The molecule has 0 unspecified atom stereocenters. The van der Waals surface area contributed by atoms with E-state index >= 15 is 0 Å². The van der Waals surface area contributed by atoms with Crippen molar-refractivity contribution < 1.29 is 4.79 Å². The van der Waals surface area contributed by atoms with E-state index in [1.165, 1.54) is 42.7 Å². The van der Waals surface area contributed by atoms with Gasteiger partial charge in [-0.25, -0.2) is 0 Å². The van der Waals surface area contributed by atoms with Gasteiger partial charge in [-0.3, -0.25) is 9.59 Å². The van der Waals surface area contributed by atoms with Crippen LogP contribution in [0.1, 0.15) is 64.7 Å². The quantitative estimate of drug-likeness (QED) is 0.678. The number of H-pyrrole nitrogens is 1. The summed E-state index contributed by atoms with van der Waals surface area (Å²) < 4.78 is 0. The van der Waals surface area contributed by atoms with E-state index in [-0.39, 0.29) is 18.0 Å². The van der Waals surface area contributed by atoms with Crippen LogP contribution in [0.5, 0.6) is 0 Å². The topological polar surface area (TPSA) is 68.4 Å². The number of carbonyl (C=O) groups is 1. The molecule has 170 valence electrons. The van der Waals surface area contributed by atoms with E-state index in [4.69, 9.17) is 0 Å². The maximum absolute atomic E-state index is 12.9. The average Bonchev–Trinajstić information content (AvgIpc) is 3.09. The smallest absolute Gasteiger partial charge is 0.261 e. The van der Waals surface area contributed by atoms with Gasteiger partial charge in [-0.2, -0.15) is 0 Å². The van der Waals surface area contributed by atoms with Crippen LogP contribution in [0.15, 0.2) is 16.2 Å². The zero-order chi connectivity index (χ0) is 22.7. The molecule has 31 heavy (non-hydrogen) atoms. The number of nitrogens with zero attached hydrogens (tertiary/aromatic N) is 2. The largest absolute Gasteiger partial charge is 0.368 e. The van der Waals surface area contributed by atoms with Gasteiger partial charge in [0.2, 0.25) is 0 Å². The van der Waals surface area contributed by atoms with Crippen LogP contribution in [0.25, 0.3) is 0 Å². The fourth-order valence-corrected chi connectivity index (χ4v) is 5.78. The van der Waals surface area contributed by atoms with Crippen LogP contribution >= 0.6 is 11.3 Å². The monoisotopic (exact) mass is 444 g/mol. The highest BCUT2D eigenvalue weighted by molar-refractivity contribution is 7.12. The third-order valence-corrected chi connectivity index (χ3v) is 7.69. The molecule has 0 aromatic carbocycles. The Hall–Kier alpha value is -2.12. The first-order valence-corrected chi connectivity index (χ1v) is 12.1. The normalized spacial score (nSPS) is 18.9. The van der Waals surface area contributed by atoms with Crippen molar-refractivity contribution in [3.63, 3.8) is 0 Å². The lowest BCUT2D eigenvalue weighted by atomic mass is 9.89. The summed E-state index contributed by atoms with van der Waals surface area (Å²) in [6.07, 6.45) is 4.80. The minimum atomic E-state index is -0.133. The van der Waals surface area contributed by atoms with Crippen molar-refractivity contribution in [3.8, 4) is 0 Å². The van der Waals surface area contributed by atoms with Crippen molar-refractivity contribution >= 4 is 22.9 Å². The van der Waals surface area contributed by atoms with Crippen LogP contribution in [0.4, 0.5) is 5.69 Å². The molecule has 2 aromatic rings. The molecule has 0 aliphatic heterocycles. The summed E-state index contributed by atoms with van der Waals surface area (Å²) in [6.45, 7) is 9.18. The lowest BCUT2D eigenvalue weighted by Gasteiger charge is -2.39. The molecule has 3 rings (SSSR count).